The van der Waals surface area contributed by atoms with Gasteiger partial charge in [0.2, 0.25) is 5.91 Å². The van der Waals surface area contributed by atoms with Crippen molar-refractivity contribution in [3.05, 3.63) is 29.3 Å². The summed E-state index contributed by atoms with van der Waals surface area (Å²) < 4.78 is 45.1. The van der Waals surface area contributed by atoms with Crippen LogP contribution in [0.3, 0.4) is 0 Å². The van der Waals surface area contributed by atoms with Gasteiger partial charge in [0, 0.05) is 12.0 Å². The van der Waals surface area contributed by atoms with Gasteiger partial charge in [-0.1, -0.05) is 6.07 Å². The molecule has 1 atom stereocenters. The zero-order chi connectivity index (χ0) is 18.2. The van der Waals surface area contributed by atoms with Gasteiger partial charge in [-0.15, -0.1) is 0 Å². The predicted molar refractivity (Wildman–Crippen MR) is 83.5 cm³/mol. The second-order valence-corrected chi connectivity index (χ2v) is 6.48. The number of hydrogen-bond donors (Lipinski definition) is 1. The molecular weight excluding hydrogens is 337 g/mol. The number of primary amides is 1. The van der Waals surface area contributed by atoms with E-state index in [1.165, 1.54) is 12.1 Å². The third-order valence-electron chi connectivity index (χ3n) is 4.47. The maximum absolute atomic E-state index is 13.6. The SMILES string of the molecule is NC(=O)[C@@H]1CC(F)(F)CN1C(=O)c1ccc(C2CC2)c(OCCF)c1. The van der Waals surface area contributed by atoms with E-state index in [9.17, 15) is 22.8 Å². The van der Waals surface area contributed by atoms with Gasteiger partial charge in [0.15, 0.2) is 0 Å². The zero-order valence-electron chi connectivity index (χ0n) is 13.5. The van der Waals surface area contributed by atoms with Crippen LogP contribution in [0.5, 0.6) is 5.75 Å². The average molecular weight is 356 g/mol. The molecule has 1 heterocycles. The first-order valence-electron chi connectivity index (χ1n) is 8.13. The number of carbonyl (C=O) groups is 2. The summed E-state index contributed by atoms with van der Waals surface area (Å²) in [6, 6.07) is 3.31. The molecule has 25 heavy (non-hydrogen) atoms. The largest absolute Gasteiger partial charge is 0.491 e. The molecule has 1 aliphatic carbocycles. The van der Waals surface area contributed by atoms with Crippen molar-refractivity contribution in [1.82, 2.24) is 4.90 Å². The first kappa shape index (κ1) is 17.6. The third-order valence-corrected chi connectivity index (χ3v) is 4.47. The van der Waals surface area contributed by atoms with E-state index in [0.29, 0.717) is 11.7 Å². The molecule has 2 aliphatic rings. The number of benzene rings is 1. The lowest BCUT2D eigenvalue weighted by Gasteiger charge is -2.22. The highest BCUT2D eigenvalue weighted by molar-refractivity contribution is 5.98. The van der Waals surface area contributed by atoms with Gasteiger partial charge in [-0.3, -0.25) is 9.59 Å². The van der Waals surface area contributed by atoms with Crippen LogP contribution in [0, 0.1) is 0 Å². The van der Waals surface area contributed by atoms with Crippen LogP contribution in [0.2, 0.25) is 0 Å². The summed E-state index contributed by atoms with van der Waals surface area (Å²) in [6.07, 6.45) is 1.20. The molecule has 2 N–H and O–H groups in total. The van der Waals surface area contributed by atoms with Crippen LogP contribution >= 0.6 is 0 Å². The van der Waals surface area contributed by atoms with Gasteiger partial charge in [0.25, 0.3) is 11.8 Å². The molecule has 1 aromatic carbocycles. The molecule has 0 unspecified atom stereocenters. The zero-order valence-corrected chi connectivity index (χ0v) is 13.5. The molecule has 8 heteroatoms. The molecule has 1 saturated carbocycles. The fourth-order valence-electron chi connectivity index (χ4n) is 3.12. The fraction of sp³-hybridized carbons (Fsp3) is 0.529. The topological polar surface area (TPSA) is 72.6 Å². The number of nitrogens with two attached hydrogens (primary N) is 1. The van der Waals surface area contributed by atoms with Gasteiger partial charge in [-0.2, -0.15) is 0 Å². The molecule has 0 radical (unpaired) electrons. The Morgan fingerprint density at radius 2 is 2.04 bits per heavy atom. The van der Waals surface area contributed by atoms with Crippen molar-refractivity contribution in [1.29, 1.82) is 0 Å². The lowest BCUT2D eigenvalue weighted by molar-refractivity contribution is -0.121. The summed E-state index contributed by atoms with van der Waals surface area (Å²) in [5.41, 5.74) is 6.15. The van der Waals surface area contributed by atoms with Gasteiger partial charge >= 0.3 is 0 Å². The second kappa shape index (κ2) is 6.57. The summed E-state index contributed by atoms with van der Waals surface area (Å²) in [5, 5.41) is 0. The number of amides is 2. The van der Waals surface area contributed by atoms with Crippen LogP contribution in [-0.4, -0.2) is 48.5 Å². The standard InChI is InChI=1S/C17H19F3N2O3/c18-5-6-25-14-7-11(3-4-12(14)10-1-2-10)16(24)22-9-17(19,20)8-13(22)15(21)23/h3-4,7,10,13H,1-2,5-6,8-9H2,(H2,21,23)/t13-/m0/s1. The Balaban J connectivity index is 1.87. The summed E-state index contributed by atoms with van der Waals surface area (Å²) in [5.74, 6) is -4.14. The van der Waals surface area contributed by atoms with Crippen molar-refractivity contribution in [2.24, 2.45) is 5.73 Å². The van der Waals surface area contributed by atoms with E-state index in [4.69, 9.17) is 10.5 Å². The summed E-state index contributed by atoms with van der Waals surface area (Å²) in [6.45, 7) is -1.68. The molecule has 2 fully saturated rings. The lowest BCUT2D eigenvalue weighted by Crippen LogP contribution is -2.43. The highest BCUT2D eigenvalue weighted by atomic mass is 19.3. The number of hydrogen-bond acceptors (Lipinski definition) is 3. The summed E-state index contributed by atoms with van der Waals surface area (Å²) in [4.78, 5) is 24.9. The monoisotopic (exact) mass is 356 g/mol. The molecule has 5 nitrogen and oxygen atoms in total. The number of nitrogens with zero attached hydrogens (tertiary/aromatic N) is 1. The number of likely N-dealkylation sites (tertiary alicyclic amines) is 1. The number of ether oxygens (including phenoxy) is 1. The summed E-state index contributed by atoms with van der Waals surface area (Å²) in [7, 11) is 0. The van der Waals surface area contributed by atoms with Crippen molar-refractivity contribution in [2.75, 3.05) is 19.8 Å². The van der Waals surface area contributed by atoms with Gasteiger partial charge in [-0.05, 0) is 36.5 Å². The third kappa shape index (κ3) is 3.72. The van der Waals surface area contributed by atoms with Crippen molar-refractivity contribution >= 4 is 11.8 Å². The number of halogens is 3. The number of alkyl halides is 3. The minimum absolute atomic E-state index is 0.113. The predicted octanol–water partition coefficient (Wildman–Crippen LogP) is 2.25. The number of carbonyl (C=O) groups excluding carboxylic acids is 2. The van der Waals surface area contributed by atoms with Crippen LogP contribution in [0.25, 0.3) is 0 Å². The molecule has 3 rings (SSSR count). The minimum Gasteiger partial charge on any atom is -0.491 e. The lowest BCUT2D eigenvalue weighted by atomic mass is 10.1. The quantitative estimate of drug-likeness (QED) is 0.850. The fourth-order valence-corrected chi connectivity index (χ4v) is 3.12. The van der Waals surface area contributed by atoms with Crippen LogP contribution in [0.15, 0.2) is 18.2 Å². The van der Waals surface area contributed by atoms with Crippen LogP contribution in [-0.2, 0) is 4.79 Å². The average Bonchev–Trinajstić information content (AvgIpc) is 3.35. The number of rotatable bonds is 6. The van der Waals surface area contributed by atoms with Crippen molar-refractivity contribution in [2.45, 2.75) is 37.1 Å². The van der Waals surface area contributed by atoms with E-state index in [1.54, 1.807) is 6.07 Å². The normalized spacial score (nSPS) is 22.0. The Hall–Kier alpha value is -2.25. The highest BCUT2D eigenvalue weighted by Gasteiger charge is 2.49. The first-order valence-corrected chi connectivity index (χ1v) is 8.13. The Kier molecular flexibility index (Phi) is 4.62. The van der Waals surface area contributed by atoms with E-state index in [-0.39, 0.29) is 12.2 Å². The Morgan fingerprint density at radius 3 is 2.64 bits per heavy atom. The van der Waals surface area contributed by atoms with Gasteiger partial charge in [0.1, 0.15) is 25.1 Å². The van der Waals surface area contributed by atoms with Crippen LogP contribution in [0.4, 0.5) is 13.2 Å². The van der Waals surface area contributed by atoms with Crippen molar-refractivity contribution in [3.8, 4) is 5.75 Å². The van der Waals surface area contributed by atoms with Gasteiger partial charge in [-0.25, -0.2) is 13.2 Å². The molecule has 1 aliphatic heterocycles. The Bertz CT molecular complexity index is 692. The highest BCUT2D eigenvalue weighted by Crippen LogP contribution is 2.44. The van der Waals surface area contributed by atoms with Gasteiger partial charge < -0.3 is 15.4 Å². The van der Waals surface area contributed by atoms with E-state index in [2.05, 4.69) is 0 Å². The maximum Gasteiger partial charge on any atom is 0.267 e. The molecule has 0 aromatic heterocycles. The minimum atomic E-state index is -3.16. The van der Waals surface area contributed by atoms with E-state index in [0.717, 1.165) is 23.3 Å². The summed E-state index contributed by atoms with van der Waals surface area (Å²) >= 11 is 0. The molecule has 0 bridgehead atoms. The van der Waals surface area contributed by atoms with Crippen molar-refractivity contribution < 1.29 is 27.5 Å². The van der Waals surface area contributed by atoms with E-state index >= 15 is 0 Å². The smallest absolute Gasteiger partial charge is 0.267 e. The molecular formula is C17H19F3N2O3. The maximum atomic E-state index is 13.6. The van der Waals surface area contributed by atoms with Crippen molar-refractivity contribution in [3.63, 3.8) is 0 Å². The van der Waals surface area contributed by atoms with Crippen LogP contribution < -0.4 is 10.5 Å². The molecule has 1 aromatic rings. The van der Waals surface area contributed by atoms with Crippen LogP contribution in [0.1, 0.15) is 41.1 Å². The molecule has 1 saturated heterocycles. The molecule has 0 spiro atoms. The Morgan fingerprint density at radius 1 is 1.32 bits per heavy atom. The van der Waals surface area contributed by atoms with E-state index in [1.807, 2.05) is 0 Å². The second-order valence-electron chi connectivity index (χ2n) is 6.48. The van der Waals surface area contributed by atoms with Gasteiger partial charge in [0.05, 0.1) is 6.54 Å². The first-order chi connectivity index (χ1) is 11.8. The molecule has 136 valence electrons. The molecule has 2 amide bonds. The Labute approximate surface area is 142 Å². The van der Waals surface area contributed by atoms with E-state index < -0.39 is 43.4 Å².